The Hall–Kier alpha value is -2.93. The van der Waals surface area contributed by atoms with E-state index >= 15 is 0 Å². The van der Waals surface area contributed by atoms with E-state index in [0.29, 0.717) is 63.5 Å². The van der Waals surface area contributed by atoms with Crippen LogP contribution >= 0.6 is 0 Å². The topological polar surface area (TPSA) is 206 Å². The highest BCUT2D eigenvalue weighted by molar-refractivity contribution is 5.77. The van der Waals surface area contributed by atoms with Gasteiger partial charge in [-0.05, 0) is 27.2 Å². The van der Waals surface area contributed by atoms with Crippen molar-refractivity contribution in [2.24, 2.45) is 0 Å². The summed E-state index contributed by atoms with van der Waals surface area (Å²) in [5.41, 5.74) is -0.536. The second-order valence-electron chi connectivity index (χ2n) is 12.6. The molecule has 0 aliphatic rings. The third-order valence-corrected chi connectivity index (χ3v) is 6.26. The number of carboxylic acids is 1. The van der Waals surface area contributed by atoms with E-state index in [1.54, 1.807) is 20.8 Å². The van der Waals surface area contributed by atoms with Gasteiger partial charge in [-0.3, -0.25) is 24.0 Å². The molecule has 0 aromatic carbocycles. The van der Waals surface area contributed by atoms with Gasteiger partial charge < -0.3 is 58.7 Å². The summed E-state index contributed by atoms with van der Waals surface area (Å²) < 4.78 is 37.9. The first-order valence-electron chi connectivity index (χ1n) is 16.7. The van der Waals surface area contributed by atoms with Gasteiger partial charge in [-0.25, -0.2) is 0 Å². The Morgan fingerprint density at radius 3 is 1.55 bits per heavy atom. The van der Waals surface area contributed by atoms with Gasteiger partial charge in [-0.2, -0.15) is 0 Å². The second kappa shape index (κ2) is 28.9. The second-order valence-corrected chi connectivity index (χ2v) is 12.6. The molecular weight excluding hydrogens is 648 g/mol. The molecule has 0 radical (unpaired) electrons. The Morgan fingerprint density at radius 2 is 1.02 bits per heavy atom. The highest BCUT2D eigenvalue weighted by Gasteiger charge is 2.17. The smallest absolute Gasteiger partial charge is 0.306 e. The van der Waals surface area contributed by atoms with Crippen LogP contribution in [0.4, 0.5) is 0 Å². The van der Waals surface area contributed by atoms with Gasteiger partial charge in [-0.1, -0.05) is 0 Å². The fraction of sp³-hybridized carbons (Fsp3) is 0.844. The minimum atomic E-state index is -0.891. The van der Waals surface area contributed by atoms with Gasteiger partial charge in [0, 0.05) is 25.9 Å². The highest BCUT2D eigenvalue weighted by atomic mass is 16.6. The predicted octanol–water partition coefficient (Wildman–Crippen LogP) is -0.502. The molecule has 0 bridgehead atoms. The summed E-state index contributed by atoms with van der Waals surface area (Å²) in [5.74, 6) is -1.89. The van der Waals surface area contributed by atoms with Crippen molar-refractivity contribution in [1.29, 1.82) is 0 Å². The van der Waals surface area contributed by atoms with Crippen molar-refractivity contribution in [3.63, 3.8) is 0 Å². The zero-order valence-corrected chi connectivity index (χ0v) is 30.1. The number of aliphatic carboxylic acids is 1. The Bertz CT molecular complexity index is 929. The largest absolute Gasteiger partial charge is 0.481 e. The molecule has 17 heteroatoms. The van der Waals surface area contributed by atoms with Crippen molar-refractivity contribution in [3.8, 4) is 0 Å². The maximum atomic E-state index is 12.0. The zero-order chi connectivity index (χ0) is 36.8. The van der Waals surface area contributed by atoms with Crippen LogP contribution in [-0.4, -0.2) is 171 Å². The van der Waals surface area contributed by atoms with Crippen LogP contribution in [0.3, 0.4) is 0 Å². The van der Waals surface area contributed by atoms with E-state index in [1.165, 1.54) is 0 Å². The summed E-state index contributed by atoms with van der Waals surface area (Å²) in [4.78, 5) is 57.7. The van der Waals surface area contributed by atoms with Crippen LogP contribution in [0.1, 0.15) is 46.5 Å². The van der Waals surface area contributed by atoms with Gasteiger partial charge in [0.2, 0.25) is 17.7 Å². The van der Waals surface area contributed by atoms with E-state index in [-0.39, 0.29) is 95.8 Å². The molecule has 4 N–H and O–H groups in total. The highest BCUT2D eigenvalue weighted by Crippen LogP contribution is 2.09. The summed E-state index contributed by atoms with van der Waals surface area (Å²) in [6.07, 6.45) is 0.810. The maximum Gasteiger partial charge on any atom is 0.306 e. The summed E-state index contributed by atoms with van der Waals surface area (Å²) in [6.45, 7) is 10.8. The fourth-order valence-electron chi connectivity index (χ4n) is 3.67. The lowest BCUT2D eigenvalue weighted by Gasteiger charge is -2.29. The molecule has 17 nitrogen and oxygen atoms in total. The number of nitrogens with zero attached hydrogens (tertiary/aromatic N) is 1. The van der Waals surface area contributed by atoms with Gasteiger partial charge in [0.05, 0.1) is 99.7 Å². The predicted molar refractivity (Wildman–Crippen MR) is 178 cm³/mol. The number of esters is 1. The molecule has 0 aromatic rings. The minimum absolute atomic E-state index is 0.0243. The number of carboxylic acid groups (broad SMARTS) is 1. The molecule has 0 heterocycles. The van der Waals surface area contributed by atoms with Gasteiger partial charge in [0.25, 0.3) is 0 Å². The van der Waals surface area contributed by atoms with E-state index in [4.69, 9.17) is 38.3 Å². The van der Waals surface area contributed by atoms with Gasteiger partial charge in [0.15, 0.2) is 0 Å². The van der Waals surface area contributed by atoms with Crippen molar-refractivity contribution < 1.29 is 66.7 Å². The summed E-state index contributed by atoms with van der Waals surface area (Å²) >= 11 is 0. The molecule has 0 aliphatic heterocycles. The SMILES string of the molecule is CC(C)(C)OC(=O)CCCC(=O)NCCOCCOCC(=O)NCCOCCOCC(=O)NCC[N+](C)(C)CCOCCOCCC(=O)O. The van der Waals surface area contributed by atoms with Crippen LogP contribution in [-0.2, 0) is 57.1 Å². The molecule has 0 aliphatic carbocycles. The average Bonchev–Trinajstić information content (AvgIpc) is 2.99. The molecule has 0 atom stereocenters. The summed E-state index contributed by atoms with van der Waals surface area (Å²) in [6, 6.07) is 0. The lowest BCUT2D eigenvalue weighted by atomic mass is 10.2. The van der Waals surface area contributed by atoms with Crippen molar-refractivity contribution in [2.75, 3.05) is 126 Å². The molecule has 0 aromatic heterocycles. The van der Waals surface area contributed by atoms with Gasteiger partial charge in [-0.15, -0.1) is 0 Å². The van der Waals surface area contributed by atoms with Crippen molar-refractivity contribution >= 4 is 29.7 Å². The Morgan fingerprint density at radius 1 is 0.551 bits per heavy atom. The number of rotatable bonds is 32. The van der Waals surface area contributed by atoms with E-state index in [1.807, 2.05) is 14.1 Å². The van der Waals surface area contributed by atoms with Crippen LogP contribution in [0, 0.1) is 0 Å². The Labute approximate surface area is 290 Å². The first kappa shape index (κ1) is 46.1. The van der Waals surface area contributed by atoms with Crippen LogP contribution in [0.25, 0.3) is 0 Å². The number of hydrogen-bond acceptors (Lipinski definition) is 12. The van der Waals surface area contributed by atoms with Crippen molar-refractivity contribution in [2.45, 2.75) is 52.1 Å². The Kier molecular flexibility index (Phi) is 27.1. The number of likely N-dealkylation sites (N-methyl/N-ethyl adjacent to an activating group) is 1. The molecule has 3 amide bonds. The first-order valence-corrected chi connectivity index (χ1v) is 16.7. The molecule has 0 rings (SSSR count). The Balaban J connectivity index is 3.53. The van der Waals surface area contributed by atoms with Crippen molar-refractivity contribution in [3.05, 3.63) is 0 Å². The number of carbonyl (C=O) groups is 5. The molecular formula is C32H61N4O13+. The third kappa shape index (κ3) is 34.7. The molecule has 0 saturated carbocycles. The van der Waals surface area contributed by atoms with E-state index in [0.717, 1.165) is 6.54 Å². The first-order chi connectivity index (χ1) is 23.2. The number of nitrogens with one attached hydrogen (secondary N) is 3. The van der Waals surface area contributed by atoms with E-state index in [9.17, 15) is 24.0 Å². The minimum Gasteiger partial charge on any atom is -0.481 e. The number of carbonyl (C=O) groups excluding carboxylic acids is 4. The fourth-order valence-corrected chi connectivity index (χ4v) is 3.67. The van der Waals surface area contributed by atoms with Crippen LogP contribution < -0.4 is 16.0 Å². The molecule has 0 unspecified atom stereocenters. The average molecular weight is 710 g/mol. The quantitative estimate of drug-likeness (QED) is 0.0395. The van der Waals surface area contributed by atoms with E-state index < -0.39 is 11.6 Å². The molecule has 0 fully saturated rings. The molecule has 0 saturated heterocycles. The summed E-state index contributed by atoms with van der Waals surface area (Å²) in [5, 5.41) is 16.8. The number of hydrogen-bond donors (Lipinski definition) is 4. The maximum absolute atomic E-state index is 12.0. The van der Waals surface area contributed by atoms with Gasteiger partial charge >= 0.3 is 11.9 Å². The number of amides is 3. The number of ether oxygens (including phenoxy) is 7. The van der Waals surface area contributed by atoms with Crippen molar-refractivity contribution in [1.82, 2.24) is 16.0 Å². The normalized spacial score (nSPS) is 11.6. The van der Waals surface area contributed by atoms with E-state index in [2.05, 4.69) is 16.0 Å². The monoisotopic (exact) mass is 709 g/mol. The third-order valence-electron chi connectivity index (χ3n) is 6.26. The van der Waals surface area contributed by atoms with Crippen LogP contribution in [0.2, 0.25) is 0 Å². The molecule has 49 heavy (non-hydrogen) atoms. The zero-order valence-electron chi connectivity index (χ0n) is 30.1. The molecule has 0 spiro atoms. The molecule has 286 valence electrons. The van der Waals surface area contributed by atoms with Gasteiger partial charge in [0.1, 0.15) is 25.4 Å². The van der Waals surface area contributed by atoms with Crippen LogP contribution in [0.15, 0.2) is 0 Å². The summed E-state index contributed by atoms with van der Waals surface area (Å²) in [7, 11) is 4.07. The standard InChI is InChI=1S/C32H60N4O13/c1-32(2,3)49-31(42)8-6-7-27(37)34-11-16-44-21-24-48-26-29(39)35-12-17-45-22-23-47-25-28(38)33-10-13-36(4,5)14-18-46-20-19-43-15-9-30(40)41/h6-26H2,1-5H3,(H3-,33,34,35,37,38,39,40,41)/p+1. The lowest BCUT2D eigenvalue weighted by Crippen LogP contribution is -2.47. The van der Waals surface area contributed by atoms with Crippen LogP contribution in [0.5, 0.6) is 0 Å². The number of quaternary nitrogens is 1. The lowest BCUT2D eigenvalue weighted by molar-refractivity contribution is -0.889.